The standard InChI is InChI=1S/C12H17N3OS/c1-4-8(3)15-5-9(16)10(11(15)13)12-14-7(2)6-17-12/h6,8,13,16H,4-5H2,1-3H3/t8-/m0/s1. The molecule has 1 atom stereocenters. The molecule has 1 aliphatic rings. The van der Waals surface area contributed by atoms with Gasteiger partial charge in [0.15, 0.2) is 0 Å². The maximum atomic E-state index is 10.0. The lowest BCUT2D eigenvalue weighted by Gasteiger charge is -2.25. The number of hydrogen-bond acceptors (Lipinski definition) is 4. The molecule has 0 aliphatic carbocycles. The van der Waals surface area contributed by atoms with Crippen LogP contribution in [0.4, 0.5) is 0 Å². The van der Waals surface area contributed by atoms with E-state index in [0.29, 0.717) is 18.0 Å². The van der Waals surface area contributed by atoms with Crippen molar-refractivity contribution in [1.82, 2.24) is 9.88 Å². The minimum atomic E-state index is 0.267. The Hall–Kier alpha value is -1.36. The zero-order valence-electron chi connectivity index (χ0n) is 10.3. The molecule has 17 heavy (non-hydrogen) atoms. The highest BCUT2D eigenvalue weighted by atomic mass is 32.1. The smallest absolute Gasteiger partial charge is 0.135 e. The molecule has 0 saturated carbocycles. The highest BCUT2D eigenvalue weighted by Crippen LogP contribution is 2.30. The number of thiazole rings is 1. The number of aliphatic hydroxyl groups is 1. The Bertz CT molecular complexity index is 478. The van der Waals surface area contributed by atoms with Gasteiger partial charge in [-0.15, -0.1) is 11.3 Å². The van der Waals surface area contributed by atoms with Gasteiger partial charge in [0.1, 0.15) is 16.6 Å². The van der Waals surface area contributed by atoms with E-state index in [-0.39, 0.29) is 11.8 Å². The number of nitrogens with zero attached hydrogens (tertiary/aromatic N) is 2. The molecular formula is C12H17N3OS. The van der Waals surface area contributed by atoms with Crippen LogP contribution in [-0.4, -0.2) is 33.4 Å². The minimum absolute atomic E-state index is 0.267. The molecule has 2 heterocycles. The molecule has 0 unspecified atom stereocenters. The van der Waals surface area contributed by atoms with Crippen LogP contribution in [0.25, 0.3) is 5.57 Å². The topological polar surface area (TPSA) is 60.2 Å². The SMILES string of the molecule is CC[C@H](C)N1CC(O)=C(c2nc(C)cs2)C1=N. The Morgan fingerprint density at radius 2 is 2.35 bits per heavy atom. The van der Waals surface area contributed by atoms with Crippen LogP contribution in [-0.2, 0) is 0 Å². The summed E-state index contributed by atoms with van der Waals surface area (Å²) in [6.07, 6.45) is 0.958. The summed E-state index contributed by atoms with van der Waals surface area (Å²) in [4.78, 5) is 6.26. The van der Waals surface area contributed by atoms with Crippen LogP contribution in [0.2, 0.25) is 0 Å². The molecule has 0 amide bonds. The van der Waals surface area contributed by atoms with Crippen molar-refractivity contribution in [3.05, 3.63) is 21.8 Å². The van der Waals surface area contributed by atoms with E-state index in [0.717, 1.165) is 17.1 Å². The lowest BCUT2D eigenvalue weighted by molar-refractivity contribution is 0.301. The molecule has 2 rings (SSSR count). The van der Waals surface area contributed by atoms with Crippen molar-refractivity contribution in [2.75, 3.05) is 6.54 Å². The molecule has 1 aromatic heterocycles. The second-order valence-electron chi connectivity index (χ2n) is 4.35. The monoisotopic (exact) mass is 251 g/mol. The van der Waals surface area contributed by atoms with E-state index >= 15 is 0 Å². The van der Waals surface area contributed by atoms with E-state index < -0.39 is 0 Å². The normalized spacial score (nSPS) is 18.1. The largest absolute Gasteiger partial charge is 0.510 e. The van der Waals surface area contributed by atoms with Crippen molar-refractivity contribution in [3.8, 4) is 0 Å². The van der Waals surface area contributed by atoms with Crippen molar-refractivity contribution in [2.24, 2.45) is 0 Å². The third kappa shape index (κ3) is 2.07. The van der Waals surface area contributed by atoms with Gasteiger partial charge in [0.25, 0.3) is 0 Å². The van der Waals surface area contributed by atoms with Crippen LogP contribution in [0.15, 0.2) is 11.1 Å². The molecule has 92 valence electrons. The molecule has 0 spiro atoms. The average molecular weight is 251 g/mol. The van der Waals surface area contributed by atoms with Gasteiger partial charge in [0.2, 0.25) is 0 Å². The fourth-order valence-corrected chi connectivity index (χ4v) is 2.75. The van der Waals surface area contributed by atoms with Crippen molar-refractivity contribution < 1.29 is 5.11 Å². The summed E-state index contributed by atoms with van der Waals surface area (Å²) < 4.78 is 0. The summed E-state index contributed by atoms with van der Waals surface area (Å²) in [5.41, 5.74) is 1.53. The van der Waals surface area contributed by atoms with Crippen LogP contribution >= 0.6 is 11.3 Å². The second kappa shape index (κ2) is 4.49. The first-order chi connectivity index (χ1) is 8.04. The van der Waals surface area contributed by atoms with Crippen LogP contribution < -0.4 is 0 Å². The minimum Gasteiger partial charge on any atom is -0.510 e. The van der Waals surface area contributed by atoms with Crippen molar-refractivity contribution in [1.29, 1.82) is 5.41 Å². The predicted octanol–water partition coefficient (Wildman–Crippen LogP) is 2.81. The average Bonchev–Trinajstić information content (AvgIpc) is 2.82. The molecular weight excluding hydrogens is 234 g/mol. The van der Waals surface area contributed by atoms with Gasteiger partial charge in [-0.1, -0.05) is 6.92 Å². The molecule has 5 heteroatoms. The van der Waals surface area contributed by atoms with E-state index in [1.165, 1.54) is 11.3 Å². The first-order valence-electron chi connectivity index (χ1n) is 5.74. The summed E-state index contributed by atoms with van der Waals surface area (Å²) in [5, 5.41) is 20.8. The van der Waals surface area contributed by atoms with E-state index in [1.54, 1.807) is 0 Å². The van der Waals surface area contributed by atoms with Gasteiger partial charge >= 0.3 is 0 Å². The fraction of sp³-hybridized carbons (Fsp3) is 0.500. The lowest BCUT2D eigenvalue weighted by Crippen LogP contribution is -2.34. The van der Waals surface area contributed by atoms with Gasteiger partial charge in [-0.25, -0.2) is 4.98 Å². The number of nitrogens with one attached hydrogen (secondary N) is 1. The molecule has 0 saturated heterocycles. The zero-order valence-corrected chi connectivity index (χ0v) is 11.1. The molecule has 0 bridgehead atoms. The molecule has 0 aromatic carbocycles. The Morgan fingerprint density at radius 1 is 1.65 bits per heavy atom. The molecule has 2 N–H and O–H groups in total. The summed E-state index contributed by atoms with van der Waals surface area (Å²) >= 11 is 1.48. The van der Waals surface area contributed by atoms with Crippen LogP contribution in [0, 0.1) is 12.3 Å². The fourth-order valence-electron chi connectivity index (χ4n) is 1.89. The first kappa shape index (κ1) is 12.1. The zero-order chi connectivity index (χ0) is 12.6. The van der Waals surface area contributed by atoms with Gasteiger partial charge in [-0.05, 0) is 20.3 Å². The van der Waals surface area contributed by atoms with Crippen molar-refractivity contribution >= 4 is 22.7 Å². The quantitative estimate of drug-likeness (QED) is 0.868. The number of aromatic nitrogens is 1. The van der Waals surface area contributed by atoms with Gasteiger partial charge in [-0.2, -0.15) is 0 Å². The van der Waals surface area contributed by atoms with Gasteiger partial charge in [0, 0.05) is 17.1 Å². The predicted molar refractivity (Wildman–Crippen MR) is 70.6 cm³/mol. The van der Waals surface area contributed by atoms with Crippen molar-refractivity contribution in [3.63, 3.8) is 0 Å². The van der Waals surface area contributed by atoms with E-state index in [1.807, 2.05) is 17.2 Å². The highest BCUT2D eigenvalue weighted by Gasteiger charge is 2.32. The molecule has 0 radical (unpaired) electrons. The second-order valence-corrected chi connectivity index (χ2v) is 5.21. The Morgan fingerprint density at radius 3 is 2.88 bits per heavy atom. The summed E-state index contributed by atoms with van der Waals surface area (Å²) in [7, 11) is 0. The molecule has 1 aromatic rings. The third-order valence-electron chi connectivity index (χ3n) is 3.09. The number of amidine groups is 1. The van der Waals surface area contributed by atoms with E-state index in [2.05, 4.69) is 18.8 Å². The molecule has 1 aliphatic heterocycles. The third-order valence-corrected chi connectivity index (χ3v) is 4.07. The van der Waals surface area contributed by atoms with Gasteiger partial charge in [0.05, 0.1) is 12.1 Å². The van der Waals surface area contributed by atoms with Crippen LogP contribution in [0.5, 0.6) is 0 Å². The highest BCUT2D eigenvalue weighted by molar-refractivity contribution is 7.11. The van der Waals surface area contributed by atoms with Crippen molar-refractivity contribution in [2.45, 2.75) is 33.2 Å². The maximum absolute atomic E-state index is 10.0. The molecule has 4 nitrogen and oxygen atoms in total. The number of aliphatic hydroxyl groups excluding tert-OH is 1. The van der Waals surface area contributed by atoms with Gasteiger partial charge in [-0.3, -0.25) is 5.41 Å². The summed E-state index contributed by atoms with van der Waals surface area (Å²) in [5.74, 6) is 0.663. The van der Waals surface area contributed by atoms with E-state index in [9.17, 15) is 5.11 Å². The Labute approximate surface area is 105 Å². The van der Waals surface area contributed by atoms with Gasteiger partial charge < -0.3 is 10.0 Å². The van der Waals surface area contributed by atoms with Crippen LogP contribution in [0.1, 0.15) is 31.0 Å². The Balaban J connectivity index is 2.30. The number of rotatable bonds is 3. The molecule has 0 fully saturated rings. The first-order valence-corrected chi connectivity index (χ1v) is 6.62. The number of aryl methyl sites for hydroxylation is 1. The van der Waals surface area contributed by atoms with Crippen LogP contribution in [0.3, 0.4) is 0 Å². The summed E-state index contributed by atoms with van der Waals surface area (Å²) in [6, 6.07) is 0.267. The van der Waals surface area contributed by atoms with E-state index in [4.69, 9.17) is 5.41 Å². The Kier molecular flexibility index (Phi) is 3.19. The lowest BCUT2D eigenvalue weighted by atomic mass is 10.2. The summed E-state index contributed by atoms with van der Waals surface area (Å²) in [6.45, 7) is 6.50. The maximum Gasteiger partial charge on any atom is 0.135 e. The number of hydrogen-bond donors (Lipinski definition) is 2.